The van der Waals surface area contributed by atoms with Crippen molar-refractivity contribution in [2.45, 2.75) is 26.3 Å². The lowest BCUT2D eigenvalue weighted by molar-refractivity contribution is 0.402. The Morgan fingerprint density at radius 1 is 1.21 bits per heavy atom. The molecule has 1 atom stereocenters. The standard InChI is InChI=1S/C13H15Cl2N3O/c1-3-10(16-4-2)12-17-18-13(19-12)11-8(14)6-5-7-9(11)15/h5-7,10,16H,3-4H2,1-2H3. The Morgan fingerprint density at radius 3 is 2.47 bits per heavy atom. The van der Waals surface area contributed by atoms with Gasteiger partial charge in [-0.1, -0.05) is 43.1 Å². The second-order valence-electron chi connectivity index (χ2n) is 4.06. The molecule has 6 heteroatoms. The smallest absolute Gasteiger partial charge is 0.250 e. The van der Waals surface area contributed by atoms with E-state index in [0.29, 0.717) is 27.4 Å². The number of rotatable bonds is 5. The van der Waals surface area contributed by atoms with Gasteiger partial charge in [-0.3, -0.25) is 0 Å². The summed E-state index contributed by atoms with van der Waals surface area (Å²) in [6.07, 6.45) is 0.867. The van der Waals surface area contributed by atoms with Gasteiger partial charge in [-0.05, 0) is 25.1 Å². The molecule has 1 N–H and O–H groups in total. The number of nitrogens with one attached hydrogen (secondary N) is 1. The number of nitrogens with zero attached hydrogens (tertiary/aromatic N) is 2. The fraction of sp³-hybridized carbons (Fsp3) is 0.385. The zero-order chi connectivity index (χ0) is 13.8. The number of aromatic nitrogens is 2. The molecule has 0 bridgehead atoms. The number of benzene rings is 1. The molecule has 0 aliphatic rings. The van der Waals surface area contributed by atoms with Gasteiger partial charge in [0.05, 0.1) is 21.7 Å². The van der Waals surface area contributed by atoms with E-state index in [0.717, 1.165) is 13.0 Å². The van der Waals surface area contributed by atoms with Crippen molar-refractivity contribution in [3.8, 4) is 11.5 Å². The van der Waals surface area contributed by atoms with E-state index in [1.165, 1.54) is 0 Å². The molecule has 2 aromatic rings. The van der Waals surface area contributed by atoms with Crippen molar-refractivity contribution in [1.82, 2.24) is 15.5 Å². The van der Waals surface area contributed by atoms with Crippen molar-refractivity contribution in [3.05, 3.63) is 34.1 Å². The third-order valence-electron chi connectivity index (χ3n) is 2.77. The minimum absolute atomic E-state index is 0.0486. The van der Waals surface area contributed by atoms with E-state index in [1.54, 1.807) is 18.2 Å². The SMILES string of the molecule is CCNC(CC)c1nnc(-c2c(Cl)cccc2Cl)o1. The van der Waals surface area contributed by atoms with Crippen LogP contribution in [0.15, 0.2) is 22.6 Å². The highest BCUT2D eigenvalue weighted by molar-refractivity contribution is 6.38. The summed E-state index contributed by atoms with van der Waals surface area (Å²) < 4.78 is 5.68. The second kappa shape index (κ2) is 6.37. The van der Waals surface area contributed by atoms with E-state index in [9.17, 15) is 0 Å². The highest BCUT2D eigenvalue weighted by Crippen LogP contribution is 2.34. The molecule has 1 heterocycles. The Balaban J connectivity index is 2.35. The van der Waals surface area contributed by atoms with E-state index >= 15 is 0 Å². The van der Waals surface area contributed by atoms with Crippen molar-refractivity contribution in [2.75, 3.05) is 6.54 Å². The number of hydrogen-bond acceptors (Lipinski definition) is 4. The van der Waals surface area contributed by atoms with Crippen LogP contribution in [0.3, 0.4) is 0 Å². The average Bonchev–Trinajstić information content (AvgIpc) is 2.85. The van der Waals surface area contributed by atoms with Gasteiger partial charge in [0.15, 0.2) is 0 Å². The fourth-order valence-electron chi connectivity index (χ4n) is 1.83. The maximum Gasteiger partial charge on any atom is 0.250 e. The molecule has 0 amide bonds. The van der Waals surface area contributed by atoms with Crippen LogP contribution in [0.5, 0.6) is 0 Å². The first-order chi connectivity index (χ1) is 9.17. The van der Waals surface area contributed by atoms with Crippen LogP contribution in [0.4, 0.5) is 0 Å². The minimum Gasteiger partial charge on any atom is -0.419 e. The van der Waals surface area contributed by atoms with Crippen molar-refractivity contribution in [1.29, 1.82) is 0 Å². The molecule has 1 unspecified atom stereocenters. The second-order valence-corrected chi connectivity index (χ2v) is 4.88. The van der Waals surface area contributed by atoms with Gasteiger partial charge in [0.1, 0.15) is 0 Å². The van der Waals surface area contributed by atoms with E-state index in [1.807, 2.05) is 6.92 Å². The summed E-state index contributed by atoms with van der Waals surface area (Å²) in [5.41, 5.74) is 0.580. The van der Waals surface area contributed by atoms with Crippen LogP contribution in [0.25, 0.3) is 11.5 Å². The fourth-order valence-corrected chi connectivity index (χ4v) is 2.39. The van der Waals surface area contributed by atoms with Crippen LogP contribution in [-0.2, 0) is 0 Å². The van der Waals surface area contributed by atoms with Gasteiger partial charge in [-0.15, -0.1) is 10.2 Å². The van der Waals surface area contributed by atoms with Crippen LogP contribution in [0.1, 0.15) is 32.2 Å². The van der Waals surface area contributed by atoms with Crippen molar-refractivity contribution in [3.63, 3.8) is 0 Å². The third-order valence-corrected chi connectivity index (χ3v) is 3.40. The highest BCUT2D eigenvalue weighted by atomic mass is 35.5. The summed E-state index contributed by atoms with van der Waals surface area (Å²) >= 11 is 12.2. The summed E-state index contributed by atoms with van der Waals surface area (Å²) in [4.78, 5) is 0. The normalized spacial score (nSPS) is 12.6. The molecule has 0 fully saturated rings. The first kappa shape index (κ1) is 14.3. The Bertz CT molecular complexity index is 536. The van der Waals surface area contributed by atoms with E-state index < -0.39 is 0 Å². The summed E-state index contributed by atoms with van der Waals surface area (Å²) in [5.74, 6) is 0.900. The summed E-state index contributed by atoms with van der Waals surface area (Å²) in [5, 5.41) is 12.4. The summed E-state index contributed by atoms with van der Waals surface area (Å²) in [7, 11) is 0. The van der Waals surface area contributed by atoms with Crippen LogP contribution in [-0.4, -0.2) is 16.7 Å². The van der Waals surface area contributed by atoms with Crippen molar-refractivity contribution >= 4 is 23.2 Å². The molecule has 1 aromatic heterocycles. The summed E-state index contributed by atoms with van der Waals surface area (Å²) in [6, 6.07) is 5.31. The Labute approximate surface area is 122 Å². The molecule has 1 aromatic carbocycles. The zero-order valence-electron chi connectivity index (χ0n) is 10.8. The topological polar surface area (TPSA) is 51.0 Å². The average molecular weight is 300 g/mol. The summed E-state index contributed by atoms with van der Waals surface area (Å²) in [6.45, 7) is 4.92. The van der Waals surface area contributed by atoms with E-state index in [-0.39, 0.29) is 6.04 Å². The van der Waals surface area contributed by atoms with Gasteiger partial charge in [0.2, 0.25) is 5.89 Å². The lowest BCUT2D eigenvalue weighted by Crippen LogP contribution is -2.20. The molecule has 102 valence electrons. The lowest BCUT2D eigenvalue weighted by atomic mass is 10.2. The molecule has 19 heavy (non-hydrogen) atoms. The van der Waals surface area contributed by atoms with E-state index in [4.69, 9.17) is 27.6 Å². The monoisotopic (exact) mass is 299 g/mol. The van der Waals surface area contributed by atoms with Gasteiger partial charge in [-0.25, -0.2) is 0 Å². The van der Waals surface area contributed by atoms with Gasteiger partial charge in [0, 0.05) is 0 Å². The maximum atomic E-state index is 6.12. The van der Waals surface area contributed by atoms with Crippen LogP contribution in [0, 0.1) is 0 Å². The highest BCUT2D eigenvalue weighted by Gasteiger charge is 2.19. The molecular weight excluding hydrogens is 285 g/mol. The van der Waals surface area contributed by atoms with Crippen LogP contribution < -0.4 is 5.32 Å². The largest absolute Gasteiger partial charge is 0.419 e. The first-order valence-corrected chi connectivity index (χ1v) is 6.94. The first-order valence-electron chi connectivity index (χ1n) is 6.18. The van der Waals surface area contributed by atoms with Gasteiger partial charge < -0.3 is 9.73 Å². The molecule has 0 aliphatic carbocycles. The van der Waals surface area contributed by atoms with Crippen molar-refractivity contribution in [2.24, 2.45) is 0 Å². The zero-order valence-corrected chi connectivity index (χ0v) is 12.3. The number of hydrogen-bond donors (Lipinski definition) is 1. The number of halogens is 2. The molecule has 0 aliphatic heterocycles. The van der Waals surface area contributed by atoms with Crippen LogP contribution in [0.2, 0.25) is 10.0 Å². The van der Waals surface area contributed by atoms with Gasteiger partial charge in [0.25, 0.3) is 5.89 Å². The lowest BCUT2D eigenvalue weighted by Gasteiger charge is -2.10. The predicted molar refractivity (Wildman–Crippen MR) is 76.5 cm³/mol. The quantitative estimate of drug-likeness (QED) is 0.903. The third kappa shape index (κ3) is 3.08. The molecule has 0 saturated carbocycles. The Morgan fingerprint density at radius 2 is 1.89 bits per heavy atom. The predicted octanol–water partition coefficient (Wildman–Crippen LogP) is 4.10. The van der Waals surface area contributed by atoms with Crippen molar-refractivity contribution < 1.29 is 4.42 Å². The van der Waals surface area contributed by atoms with Gasteiger partial charge in [-0.2, -0.15) is 0 Å². The molecule has 2 rings (SSSR count). The molecular formula is C13H15Cl2N3O. The molecule has 0 radical (unpaired) electrons. The van der Waals surface area contributed by atoms with Gasteiger partial charge >= 0.3 is 0 Å². The van der Waals surface area contributed by atoms with Crippen LogP contribution >= 0.6 is 23.2 Å². The molecule has 4 nitrogen and oxygen atoms in total. The maximum absolute atomic E-state index is 6.12. The Kier molecular flexibility index (Phi) is 4.80. The van der Waals surface area contributed by atoms with E-state index in [2.05, 4.69) is 22.4 Å². The Hall–Kier alpha value is -1.10. The minimum atomic E-state index is 0.0486. The molecule has 0 spiro atoms. The molecule has 0 saturated heterocycles.